The summed E-state index contributed by atoms with van der Waals surface area (Å²) in [4.78, 5) is 13.8. The highest BCUT2D eigenvalue weighted by Crippen LogP contribution is 2.03. The quantitative estimate of drug-likeness (QED) is 0.597. The molecule has 0 aliphatic carbocycles. The molecule has 0 aromatic carbocycles. The molecule has 0 aromatic heterocycles. The molecule has 0 aromatic rings. The molecule has 4 nitrogen and oxygen atoms in total. The number of carbonyl (C=O) groups is 1. The maximum Gasteiger partial charge on any atom is 0.149 e. The van der Waals surface area contributed by atoms with Gasteiger partial charge in [0.2, 0.25) is 0 Å². The monoisotopic (exact) mass is 231 g/mol. The van der Waals surface area contributed by atoms with Crippen LogP contribution in [0.3, 0.4) is 0 Å². The first kappa shape index (κ1) is 15.6. The lowest BCUT2D eigenvalue weighted by atomic mass is 10.1. The molecule has 0 amide bonds. The Labute approximate surface area is 98.9 Å². The van der Waals surface area contributed by atoms with E-state index in [0.29, 0.717) is 19.8 Å². The molecule has 0 aliphatic heterocycles. The zero-order valence-corrected chi connectivity index (χ0v) is 11.2. The molecule has 1 atom stereocenters. The third-order valence-corrected chi connectivity index (χ3v) is 2.62. The third-order valence-electron chi connectivity index (χ3n) is 2.62. The SMILES string of the molecule is COCCN(CC(=O)C(C)C)C(C)COC. The zero-order valence-electron chi connectivity index (χ0n) is 11.2. The van der Waals surface area contributed by atoms with E-state index in [0.717, 1.165) is 6.54 Å². The van der Waals surface area contributed by atoms with Gasteiger partial charge in [0.25, 0.3) is 0 Å². The molecule has 0 N–H and O–H groups in total. The van der Waals surface area contributed by atoms with Gasteiger partial charge in [0.1, 0.15) is 5.78 Å². The fourth-order valence-corrected chi connectivity index (χ4v) is 1.39. The van der Waals surface area contributed by atoms with E-state index in [1.807, 2.05) is 13.8 Å². The van der Waals surface area contributed by atoms with Gasteiger partial charge in [0.15, 0.2) is 0 Å². The van der Waals surface area contributed by atoms with Crippen LogP contribution in [0.25, 0.3) is 0 Å². The van der Waals surface area contributed by atoms with Gasteiger partial charge in [-0.15, -0.1) is 0 Å². The normalized spacial score (nSPS) is 13.4. The predicted molar refractivity (Wildman–Crippen MR) is 64.6 cm³/mol. The largest absolute Gasteiger partial charge is 0.383 e. The first-order valence-corrected chi connectivity index (χ1v) is 5.77. The van der Waals surface area contributed by atoms with Crippen molar-refractivity contribution in [2.24, 2.45) is 5.92 Å². The van der Waals surface area contributed by atoms with E-state index in [9.17, 15) is 4.79 Å². The lowest BCUT2D eigenvalue weighted by Crippen LogP contribution is -2.42. The Balaban J connectivity index is 4.24. The number of hydrogen-bond donors (Lipinski definition) is 0. The predicted octanol–water partition coefficient (Wildman–Crippen LogP) is 1.19. The molecular weight excluding hydrogens is 206 g/mol. The summed E-state index contributed by atoms with van der Waals surface area (Å²) in [5.41, 5.74) is 0. The van der Waals surface area contributed by atoms with Crippen LogP contribution in [0, 0.1) is 5.92 Å². The molecule has 0 spiro atoms. The molecular formula is C12H25NO3. The molecule has 0 aliphatic rings. The summed E-state index contributed by atoms with van der Waals surface area (Å²) in [7, 11) is 3.35. The second kappa shape index (κ2) is 8.67. The average Bonchev–Trinajstić information content (AvgIpc) is 2.23. The molecule has 0 fully saturated rings. The number of ether oxygens (including phenoxy) is 2. The van der Waals surface area contributed by atoms with E-state index in [1.54, 1.807) is 14.2 Å². The van der Waals surface area contributed by atoms with E-state index in [-0.39, 0.29) is 17.7 Å². The minimum absolute atomic E-state index is 0.0831. The fourth-order valence-electron chi connectivity index (χ4n) is 1.39. The highest BCUT2D eigenvalue weighted by atomic mass is 16.5. The van der Waals surface area contributed by atoms with Gasteiger partial charge < -0.3 is 9.47 Å². The fraction of sp³-hybridized carbons (Fsp3) is 0.917. The van der Waals surface area contributed by atoms with Crippen molar-refractivity contribution in [2.45, 2.75) is 26.8 Å². The Morgan fingerprint density at radius 2 is 1.81 bits per heavy atom. The van der Waals surface area contributed by atoms with Crippen molar-refractivity contribution in [3.05, 3.63) is 0 Å². The molecule has 16 heavy (non-hydrogen) atoms. The van der Waals surface area contributed by atoms with Crippen molar-refractivity contribution in [3.8, 4) is 0 Å². The minimum atomic E-state index is 0.0831. The van der Waals surface area contributed by atoms with Crippen molar-refractivity contribution < 1.29 is 14.3 Å². The van der Waals surface area contributed by atoms with Gasteiger partial charge in [-0.3, -0.25) is 9.69 Å². The highest BCUT2D eigenvalue weighted by Gasteiger charge is 2.18. The summed E-state index contributed by atoms with van der Waals surface area (Å²) < 4.78 is 10.2. The number of methoxy groups -OCH3 is 2. The second-order valence-electron chi connectivity index (χ2n) is 4.39. The topological polar surface area (TPSA) is 38.8 Å². The summed E-state index contributed by atoms with van der Waals surface area (Å²) in [6, 6.07) is 0.239. The lowest BCUT2D eigenvalue weighted by Gasteiger charge is -2.28. The van der Waals surface area contributed by atoms with E-state index in [2.05, 4.69) is 11.8 Å². The van der Waals surface area contributed by atoms with Crippen LogP contribution in [-0.4, -0.2) is 57.2 Å². The smallest absolute Gasteiger partial charge is 0.149 e. The van der Waals surface area contributed by atoms with Crippen LogP contribution in [0.4, 0.5) is 0 Å². The minimum Gasteiger partial charge on any atom is -0.383 e. The lowest BCUT2D eigenvalue weighted by molar-refractivity contribution is -0.124. The molecule has 0 saturated carbocycles. The summed E-state index contributed by atoms with van der Waals surface area (Å²) in [6.07, 6.45) is 0. The summed E-state index contributed by atoms with van der Waals surface area (Å²) >= 11 is 0. The van der Waals surface area contributed by atoms with E-state index in [1.165, 1.54) is 0 Å². The number of Topliss-reactive ketones (excluding diaryl/α,β-unsaturated/α-hetero) is 1. The van der Waals surface area contributed by atoms with Gasteiger partial charge in [0.05, 0.1) is 19.8 Å². The third kappa shape index (κ3) is 6.20. The van der Waals surface area contributed by atoms with Gasteiger partial charge in [0, 0.05) is 32.7 Å². The number of carbonyl (C=O) groups excluding carboxylic acids is 1. The molecule has 0 radical (unpaired) electrons. The first-order chi connectivity index (χ1) is 7.52. The van der Waals surface area contributed by atoms with Gasteiger partial charge >= 0.3 is 0 Å². The van der Waals surface area contributed by atoms with Crippen LogP contribution in [0.2, 0.25) is 0 Å². The van der Waals surface area contributed by atoms with Gasteiger partial charge in [-0.2, -0.15) is 0 Å². The molecule has 4 heteroatoms. The van der Waals surface area contributed by atoms with Crippen LogP contribution in [-0.2, 0) is 14.3 Å². The molecule has 0 bridgehead atoms. The van der Waals surface area contributed by atoms with Crippen molar-refractivity contribution in [1.82, 2.24) is 4.90 Å². The average molecular weight is 231 g/mol. The van der Waals surface area contributed by atoms with Crippen molar-refractivity contribution in [3.63, 3.8) is 0 Å². The van der Waals surface area contributed by atoms with Gasteiger partial charge in [-0.25, -0.2) is 0 Å². The van der Waals surface area contributed by atoms with E-state index in [4.69, 9.17) is 9.47 Å². The number of nitrogens with zero attached hydrogens (tertiary/aromatic N) is 1. The maximum atomic E-state index is 11.7. The van der Waals surface area contributed by atoms with Crippen LogP contribution in [0.15, 0.2) is 0 Å². The van der Waals surface area contributed by atoms with Gasteiger partial charge in [-0.05, 0) is 6.92 Å². The summed E-state index contributed by atoms with van der Waals surface area (Å²) in [6.45, 7) is 8.43. The summed E-state index contributed by atoms with van der Waals surface area (Å²) in [5.74, 6) is 0.346. The number of ketones is 1. The maximum absolute atomic E-state index is 11.7. The number of rotatable bonds is 9. The molecule has 0 rings (SSSR count). The highest BCUT2D eigenvalue weighted by molar-refractivity contribution is 5.82. The van der Waals surface area contributed by atoms with E-state index < -0.39 is 0 Å². The van der Waals surface area contributed by atoms with Crippen molar-refractivity contribution in [1.29, 1.82) is 0 Å². The Morgan fingerprint density at radius 3 is 2.25 bits per heavy atom. The van der Waals surface area contributed by atoms with Crippen molar-refractivity contribution in [2.75, 3.05) is 40.5 Å². The zero-order chi connectivity index (χ0) is 12.6. The van der Waals surface area contributed by atoms with Crippen LogP contribution >= 0.6 is 0 Å². The van der Waals surface area contributed by atoms with E-state index >= 15 is 0 Å². The molecule has 0 saturated heterocycles. The molecule has 96 valence electrons. The van der Waals surface area contributed by atoms with Crippen molar-refractivity contribution >= 4 is 5.78 Å². The Morgan fingerprint density at radius 1 is 1.19 bits per heavy atom. The van der Waals surface area contributed by atoms with Crippen LogP contribution in [0.1, 0.15) is 20.8 Å². The standard InChI is InChI=1S/C12H25NO3/c1-10(2)12(14)8-13(6-7-15-4)11(3)9-16-5/h10-11H,6-9H2,1-5H3. The summed E-state index contributed by atoms with van der Waals surface area (Å²) in [5, 5.41) is 0. The second-order valence-corrected chi connectivity index (χ2v) is 4.39. The van der Waals surface area contributed by atoms with Crippen LogP contribution < -0.4 is 0 Å². The molecule has 0 heterocycles. The Bertz CT molecular complexity index is 195. The Kier molecular flexibility index (Phi) is 8.43. The van der Waals surface area contributed by atoms with Gasteiger partial charge in [-0.1, -0.05) is 13.8 Å². The molecule has 1 unspecified atom stereocenters. The number of hydrogen-bond acceptors (Lipinski definition) is 4. The Hall–Kier alpha value is -0.450. The van der Waals surface area contributed by atoms with Crippen LogP contribution in [0.5, 0.6) is 0 Å². The first-order valence-electron chi connectivity index (χ1n) is 5.77.